The van der Waals surface area contributed by atoms with E-state index in [1.807, 2.05) is 24.3 Å². The Kier molecular flexibility index (Phi) is 7.36. The Balaban J connectivity index is 0.915. The number of fused-ring (bicyclic) bond motifs is 11. The zero-order chi connectivity index (χ0) is 40.0. The molecule has 0 saturated heterocycles. The fraction of sp³-hybridized carbons (Fsp3) is 0.0357. The van der Waals surface area contributed by atoms with E-state index in [1.165, 1.54) is 5.39 Å². The highest BCUT2D eigenvalue weighted by Crippen LogP contribution is 2.43. The van der Waals surface area contributed by atoms with Crippen LogP contribution in [0.1, 0.15) is 12.8 Å². The van der Waals surface area contributed by atoms with E-state index < -0.39 is 0 Å². The molecule has 12 aromatic rings. The van der Waals surface area contributed by atoms with E-state index in [9.17, 15) is 0 Å². The topological polar surface area (TPSA) is 45.9 Å². The third-order valence-corrected chi connectivity index (χ3v) is 12.4. The van der Waals surface area contributed by atoms with Gasteiger partial charge in [-0.3, -0.25) is 0 Å². The molecule has 0 aliphatic heterocycles. The molecule has 0 atom stereocenters. The number of allylic oxidation sites excluding steroid dienone is 3. The maximum Gasteiger partial charge on any atom is 0.136 e. The number of furan rings is 3. The molecule has 0 N–H and O–H groups in total. The molecule has 0 radical (unpaired) electrons. The van der Waals surface area contributed by atoms with Crippen molar-refractivity contribution in [1.29, 1.82) is 0 Å². The molecular formula is C56H36N2O3. The molecule has 0 saturated carbocycles. The first kappa shape index (κ1) is 33.9. The van der Waals surface area contributed by atoms with Crippen molar-refractivity contribution >= 4 is 116 Å². The Labute approximate surface area is 350 Å². The van der Waals surface area contributed by atoms with Crippen molar-refractivity contribution in [3.05, 3.63) is 200 Å². The van der Waals surface area contributed by atoms with Gasteiger partial charge in [0.1, 0.15) is 33.5 Å². The van der Waals surface area contributed by atoms with Crippen molar-refractivity contribution in [2.75, 3.05) is 9.80 Å². The van der Waals surface area contributed by atoms with E-state index in [2.05, 4.69) is 180 Å². The first-order valence-corrected chi connectivity index (χ1v) is 20.9. The molecule has 13 rings (SSSR count). The second-order valence-corrected chi connectivity index (χ2v) is 16.0. The van der Waals surface area contributed by atoms with E-state index in [0.717, 1.165) is 129 Å². The maximum atomic E-state index is 6.73. The van der Waals surface area contributed by atoms with Gasteiger partial charge in [0.25, 0.3) is 0 Å². The Morgan fingerprint density at radius 2 is 0.787 bits per heavy atom. The monoisotopic (exact) mass is 784 g/mol. The van der Waals surface area contributed by atoms with Crippen LogP contribution in [0.5, 0.6) is 0 Å². The fourth-order valence-electron chi connectivity index (χ4n) is 9.46. The summed E-state index contributed by atoms with van der Waals surface area (Å²) in [6, 6.07) is 62.4. The van der Waals surface area contributed by atoms with Crippen LogP contribution in [0.3, 0.4) is 0 Å². The Hall–Kier alpha value is -8.02. The van der Waals surface area contributed by atoms with Crippen molar-refractivity contribution in [1.82, 2.24) is 0 Å². The van der Waals surface area contributed by atoms with Crippen LogP contribution in [0.15, 0.2) is 213 Å². The van der Waals surface area contributed by atoms with Gasteiger partial charge in [0.05, 0.1) is 0 Å². The summed E-state index contributed by atoms with van der Waals surface area (Å²) in [5.74, 6) is 0. The highest BCUT2D eigenvalue weighted by atomic mass is 16.3. The summed E-state index contributed by atoms with van der Waals surface area (Å²) in [4.78, 5) is 4.67. The molecule has 9 aromatic carbocycles. The summed E-state index contributed by atoms with van der Waals surface area (Å²) < 4.78 is 19.1. The average molecular weight is 785 g/mol. The van der Waals surface area contributed by atoms with E-state index >= 15 is 0 Å². The average Bonchev–Trinajstić information content (AvgIpc) is 3.98. The third-order valence-electron chi connectivity index (χ3n) is 12.4. The van der Waals surface area contributed by atoms with Gasteiger partial charge in [-0.15, -0.1) is 0 Å². The van der Waals surface area contributed by atoms with Gasteiger partial charge >= 0.3 is 0 Å². The summed E-state index contributed by atoms with van der Waals surface area (Å²) in [6.07, 6.45) is 8.89. The first-order chi connectivity index (χ1) is 30.2. The molecule has 0 fully saturated rings. The lowest BCUT2D eigenvalue weighted by Crippen LogP contribution is -2.16. The molecule has 61 heavy (non-hydrogen) atoms. The number of hydrogen-bond donors (Lipinski definition) is 0. The zero-order valence-electron chi connectivity index (χ0n) is 33.0. The lowest BCUT2D eigenvalue weighted by molar-refractivity contribution is 0.668. The molecule has 288 valence electrons. The largest absolute Gasteiger partial charge is 0.456 e. The summed E-state index contributed by atoms with van der Waals surface area (Å²) in [7, 11) is 0. The highest BCUT2D eigenvalue weighted by molar-refractivity contribution is 6.14. The molecule has 0 bridgehead atoms. The summed E-state index contributed by atoms with van der Waals surface area (Å²) >= 11 is 0. The molecule has 3 aromatic heterocycles. The van der Waals surface area contributed by atoms with Gasteiger partial charge in [-0.2, -0.15) is 0 Å². The van der Waals surface area contributed by atoms with Crippen LogP contribution in [0, 0.1) is 0 Å². The second-order valence-electron chi connectivity index (χ2n) is 16.0. The van der Waals surface area contributed by atoms with Crippen LogP contribution in [0.2, 0.25) is 0 Å². The van der Waals surface area contributed by atoms with Crippen LogP contribution < -0.4 is 9.80 Å². The van der Waals surface area contributed by atoms with Crippen molar-refractivity contribution in [2.45, 2.75) is 12.8 Å². The van der Waals surface area contributed by atoms with Gasteiger partial charge < -0.3 is 23.1 Å². The standard InChI is InChI=1S/C56H36N2O3/c1-3-11-39(12-4-1)57(43-23-25-53-49(33-43)45-15-7-9-17-51(45)59-53)41-21-19-35-29-47-48-30-36-20-22-42(28-38(36)32-56(48)61-55(47)31-37(35)27-41)58(40-13-5-2-6-14-40)44-24-26-54-50(34-44)46-16-8-10-18-52(46)60-54/h1,3-5,7-34H,2,6H2. The van der Waals surface area contributed by atoms with Crippen molar-refractivity contribution < 1.29 is 13.3 Å². The number of anilines is 5. The Morgan fingerprint density at radius 1 is 0.311 bits per heavy atom. The number of para-hydroxylation sites is 3. The molecular weight excluding hydrogens is 749 g/mol. The van der Waals surface area contributed by atoms with Crippen LogP contribution in [-0.4, -0.2) is 0 Å². The minimum Gasteiger partial charge on any atom is -0.456 e. The quantitative estimate of drug-likeness (QED) is 0.168. The SMILES string of the molecule is C1=CC(N(c2ccc3cc4c(cc3c2)oc2cc3cc(N(c5ccccc5)c5ccc6oc7ccccc7c6c5)ccc3cc24)c2ccc3oc4ccccc4c3c2)=CCC1. The molecule has 5 heteroatoms. The van der Waals surface area contributed by atoms with E-state index in [-0.39, 0.29) is 0 Å². The van der Waals surface area contributed by atoms with Gasteiger partial charge in [-0.05, 0) is 150 Å². The molecule has 1 aliphatic carbocycles. The van der Waals surface area contributed by atoms with Crippen molar-refractivity contribution in [3.8, 4) is 0 Å². The molecule has 0 amide bonds. The van der Waals surface area contributed by atoms with Crippen LogP contribution >= 0.6 is 0 Å². The Morgan fingerprint density at radius 3 is 1.38 bits per heavy atom. The minimum absolute atomic E-state index is 0.868. The van der Waals surface area contributed by atoms with Crippen LogP contribution in [0.25, 0.3) is 87.4 Å². The number of nitrogens with zero attached hydrogens (tertiary/aromatic N) is 2. The van der Waals surface area contributed by atoms with Crippen LogP contribution in [0.4, 0.5) is 28.4 Å². The summed E-state index contributed by atoms with van der Waals surface area (Å²) in [5, 5.41) is 11.2. The fourth-order valence-corrected chi connectivity index (χ4v) is 9.46. The van der Waals surface area contributed by atoms with Gasteiger partial charge in [-0.25, -0.2) is 0 Å². The van der Waals surface area contributed by atoms with Crippen molar-refractivity contribution in [2.24, 2.45) is 0 Å². The second kappa shape index (κ2) is 13.2. The minimum atomic E-state index is 0.868. The first-order valence-electron chi connectivity index (χ1n) is 20.9. The summed E-state index contributed by atoms with van der Waals surface area (Å²) in [5.41, 5.74) is 11.9. The Bertz CT molecular complexity index is 3790. The number of rotatable bonds is 6. The lowest BCUT2D eigenvalue weighted by atomic mass is 10.0. The van der Waals surface area contributed by atoms with Gasteiger partial charge in [-0.1, -0.05) is 78.9 Å². The molecule has 3 heterocycles. The lowest BCUT2D eigenvalue weighted by Gasteiger charge is -2.28. The zero-order valence-corrected chi connectivity index (χ0v) is 33.0. The van der Waals surface area contributed by atoms with Gasteiger partial charge in [0, 0.05) is 66.5 Å². The third kappa shape index (κ3) is 5.48. The van der Waals surface area contributed by atoms with Gasteiger partial charge in [0.15, 0.2) is 0 Å². The molecule has 0 spiro atoms. The summed E-state index contributed by atoms with van der Waals surface area (Å²) in [6.45, 7) is 0. The smallest absolute Gasteiger partial charge is 0.136 e. The van der Waals surface area contributed by atoms with E-state index in [1.54, 1.807) is 0 Å². The molecule has 1 aliphatic rings. The predicted molar refractivity (Wildman–Crippen MR) is 253 cm³/mol. The van der Waals surface area contributed by atoms with E-state index in [4.69, 9.17) is 13.3 Å². The van der Waals surface area contributed by atoms with E-state index in [0.29, 0.717) is 0 Å². The normalized spacial score (nSPS) is 13.1. The molecule has 0 unspecified atom stereocenters. The number of benzene rings is 9. The van der Waals surface area contributed by atoms with Crippen LogP contribution in [-0.2, 0) is 0 Å². The van der Waals surface area contributed by atoms with Gasteiger partial charge in [0.2, 0.25) is 0 Å². The molecule has 5 nitrogen and oxygen atoms in total. The van der Waals surface area contributed by atoms with Crippen molar-refractivity contribution in [3.63, 3.8) is 0 Å². The number of hydrogen-bond acceptors (Lipinski definition) is 5. The predicted octanol–water partition coefficient (Wildman–Crippen LogP) is 16.5. The maximum absolute atomic E-state index is 6.73. The highest BCUT2D eigenvalue weighted by Gasteiger charge is 2.20.